The number of rotatable bonds is 7. The van der Waals surface area contributed by atoms with Crippen molar-refractivity contribution in [2.75, 3.05) is 43.4 Å². The van der Waals surface area contributed by atoms with Gasteiger partial charge in [0, 0.05) is 62.2 Å². The Kier molecular flexibility index (Phi) is 7.48. The van der Waals surface area contributed by atoms with E-state index in [4.69, 9.17) is 0 Å². The van der Waals surface area contributed by atoms with Crippen molar-refractivity contribution in [1.82, 2.24) is 24.8 Å². The van der Waals surface area contributed by atoms with E-state index in [1.165, 1.54) is 16.8 Å². The Morgan fingerprint density at radius 1 is 1.20 bits per heavy atom. The van der Waals surface area contributed by atoms with Gasteiger partial charge in [0.2, 0.25) is 11.8 Å². The highest BCUT2D eigenvalue weighted by atomic mass is 32.2. The Labute approximate surface area is 203 Å². The Morgan fingerprint density at radius 2 is 1.97 bits per heavy atom. The van der Waals surface area contributed by atoms with E-state index in [1.54, 1.807) is 22.7 Å². The summed E-state index contributed by atoms with van der Waals surface area (Å²) >= 11 is 1.63. The molecule has 13 nitrogen and oxygen atoms in total. The third kappa shape index (κ3) is 5.70. The number of hydrogen-bond donors (Lipinski definition) is 2. The lowest BCUT2D eigenvalue weighted by Gasteiger charge is -2.35. The van der Waals surface area contributed by atoms with Crippen LogP contribution in [0.3, 0.4) is 0 Å². The first-order valence-electron chi connectivity index (χ1n) is 11.2. The van der Waals surface area contributed by atoms with Crippen LogP contribution in [0.2, 0.25) is 0 Å². The lowest BCUT2D eigenvalue weighted by atomic mass is 10.2. The molecule has 2 N–H and O–H groups in total. The molecule has 186 valence electrons. The van der Waals surface area contributed by atoms with Crippen LogP contribution in [0.25, 0.3) is 0 Å². The first kappa shape index (κ1) is 24.4. The normalized spacial score (nSPS) is 15.4. The number of aromatic nitrogens is 3. The number of piperazine rings is 1. The van der Waals surface area contributed by atoms with Crippen LogP contribution < -0.4 is 21.5 Å². The molecule has 2 aromatic rings. The molecule has 4 rings (SSSR count). The molecule has 0 unspecified atom stereocenters. The molecule has 0 aromatic carbocycles. The van der Waals surface area contributed by atoms with Gasteiger partial charge in [-0.1, -0.05) is 0 Å². The van der Waals surface area contributed by atoms with Crippen molar-refractivity contribution in [3.63, 3.8) is 0 Å². The first-order chi connectivity index (χ1) is 16.8. The molecule has 14 heteroatoms. The molecular formula is C21H25N7O6S. The summed E-state index contributed by atoms with van der Waals surface area (Å²) < 4.78 is 1.45. The third-order valence-corrected chi connectivity index (χ3v) is 7.03. The monoisotopic (exact) mass is 503 g/mol. The Morgan fingerprint density at radius 3 is 2.66 bits per heavy atom. The maximum Gasteiger partial charge on any atom is 0.328 e. The van der Waals surface area contributed by atoms with E-state index in [0.29, 0.717) is 55.4 Å². The molecule has 0 bridgehead atoms. The van der Waals surface area contributed by atoms with E-state index >= 15 is 0 Å². The second-order valence-electron chi connectivity index (χ2n) is 8.17. The van der Waals surface area contributed by atoms with Gasteiger partial charge in [-0.2, -0.15) is 11.8 Å². The van der Waals surface area contributed by atoms with Crippen LogP contribution in [0, 0.1) is 10.1 Å². The number of fused-ring (bicyclic) bond motifs is 1. The number of nitrogens with one attached hydrogen (secondary N) is 2. The van der Waals surface area contributed by atoms with Crippen LogP contribution >= 0.6 is 11.8 Å². The van der Waals surface area contributed by atoms with Gasteiger partial charge in [-0.15, -0.1) is 0 Å². The number of thioether (sulfide) groups is 1. The van der Waals surface area contributed by atoms with Crippen LogP contribution in [-0.4, -0.2) is 74.6 Å². The van der Waals surface area contributed by atoms with Gasteiger partial charge in [-0.3, -0.25) is 34.0 Å². The summed E-state index contributed by atoms with van der Waals surface area (Å²) in [5.74, 6) is 1.38. The first-order valence-corrected chi connectivity index (χ1v) is 12.3. The number of nitro groups is 1. The standard InChI is InChI=1S/C21H25N7O6S/c29-18(3-5-27-16-4-10-35-13-15(16)20(31)24-21(27)32)23-12-19(30)26-8-6-25(7-9-26)17-2-1-14(11-22-17)28(33)34/h1-2,11H,3-10,12-13H2,(H,23,29)(H,24,31,32). The van der Waals surface area contributed by atoms with Crippen molar-refractivity contribution in [2.45, 2.75) is 25.1 Å². The Hall–Kier alpha value is -3.68. The van der Waals surface area contributed by atoms with Crippen LogP contribution in [0.1, 0.15) is 17.7 Å². The quantitative estimate of drug-likeness (QED) is 0.374. The van der Waals surface area contributed by atoms with Crippen molar-refractivity contribution < 1.29 is 14.5 Å². The predicted octanol–water partition coefficient (Wildman–Crippen LogP) is -0.516. The zero-order valence-electron chi connectivity index (χ0n) is 18.9. The molecule has 2 aromatic heterocycles. The van der Waals surface area contributed by atoms with Gasteiger partial charge in [-0.05, 0) is 18.2 Å². The zero-order valence-corrected chi connectivity index (χ0v) is 19.7. The molecule has 35 heavy (non-hydrogen) atoms. The van der Waals surface area contributed by atoms with Crippen LogP contribution in [0.5, 0.6) is 0 Å². The fourth-order valence-electron chi connectivity index (χ4n) is 4.12. The average Bonchev–Trinajstić information content (AvgIpc) is 2.87. The smallest absolute Gasteiger partial charge is 0.328 e. The van der Waals surface area contributed by atoms with E-state index in [2.05, 4.69) is 15.3 Å². The van der Waals surface area contributed by atoms with Crippen LogP contribution in [0.4, 0.5) is 11.5 Å². The molecule has 4 heterocycles. The number of nitrogens with zero attached hydrogens (tertiary/aromatic N) is 5. The average molecular weight is 504 g/mol. The number of pyridine rings is 1. The second-order valence-corrected chi connectivity index (χ2v) is 9.27. The van der Waals surface area contributed by atoms with E-state index in [1.807, 2.05) is 4.90 Å². The van der Waals surface area contributed by atoms with Crippen LogP contribution in [-0.2, 0) is 28.3 Å². The highest BCUT2D eigenvalue weighted by molar-refractivity contribution is 7.98. The maximum absolute atomic E-state index is 12.5. The molecule has 2 aliphatic rings. The van der Waals surface area contributed by atoms with Gasteiger partial charge in [0.05, 0.1) is 11.5 Å². The topological polar surface area (TPSA) is 164 Å². The van der Waals surface area contributed by atoms with Crippen molar-refractivity contribution >= 4 is 35.1 Å². The SMILES string of the molecule is O=C(CCn1c2c(c(=O)[nH]c1=O)CSCC2)NCC(=O)N1CCN(c2ccc([N+](=O)[O-])cn2)CC1. The number of hydrogen-bond acceptors (Lipinski definition) is 9. The van der Waals surface area contributed by atoms with Gasteiger partial charge in [0.1, 0.15) is 12.0 Å². The summed E-state index contributed by atoms with van der Waals surface area (Å²) in [5, 5.41) is 13.4. The number of carbonyl (C=O) groups is 2. The van der Waals surface area contributed by atoms with E-state index in [-0.39, 0.29) is 42.6 Å². The van der Waals surface area contributed by atoms with Gasteiger partial charge in [0.25, 0.3) is 11.2 Å². The largest absolute Gasteiger partial charge is 0.353 e. The summed E-state index contributed by atoms with van der Waals surface area (Å²) in [6.45, 7) is 1.88. The van der Waals surface area contributed by atoms with Crippen molar-refractivity contribution in [2.24, 2.45) is 0 Å². The lowest BCUT2D eigenvalue weighted by molar-refractivity contribution is -0.385. The van der Waals surface area contributed by atoms with E-state index in [0.717, 1.165) is 5.75 Å². The zero-order chi connectivity index (χ0) is 24.9. The molecule has 1 fully saturated rings. The summed E-state index contributed by atoms with van der Waals surface area (Å²) in [4.78, 5) is 69.4. The van der Waals surface area contributed by atoms with Gasteiger partial charge >= 0.3 is 5.69 Å². The van der Waals surface area contributed by atoms with E-state index in [9.17, 15) is 29.3 Å². The molecule has 0 spiro atoms. The lowest BCUT2D eigenvalue weighted by Crippen LogP contribution is -2.51. The van der Waals surface area contributed by atoms with Crippen molar-refractivity contribution in [3.05, 3.63) is 60.5 Å². The maximum atomic E-state index is 12.5. The molecule has 0 atom stereocenters. The van der Waals surface area contributed by atoms with Gasteiger partial charge < -0.3 is 15.1 Å². The molecule has 2 amide bonds. The van der Waals surface area contributed by atoms with E-state index < -0.39 is 10.6 Å². The van der Waals surface area contributed by atoms with Crippen LogP contribution in [0.15, 0.2) is 27.9 Å². The minimum Gasteiger partial charge on any atom is -0.353 e. The number of carbonyl (C=O) groups excluding carboxylic acids is 2. The Bertz CT molecular complexity index is 1230. The number of amides is 2. The summed E-state index contributed by atoms with van der Waals surface area (Å²) in [6.07, 6.45) is 1.82. The number of anilines is 1. The van der Waals surface area contributed by atoms with Crippen molar-refractivity contribution in [1.29, 1.82) is 0 Å². The summed E-state index contributed by atoms with van der Waals surface area (Å²) in [5.41, 5.74) is 0.293. The predicted molar refractivity (Wildman–Crippen MR) is 128 cm³/mol. The fraction of sp³-hybridized carbons (Fsp3) is 0.476. The van der Waals surface area contributed by atoms with Gasteiger partial charge in [0.15, 0.2) is 0 Å². The molecule has 0 aliphatic carbocycles. The van der Waals surface area contributed by atoms with Gasteiger partial charge in [-0.25, -0.2) is 9.78 Å². The highest BCUT2D eigenvalue weighted by Crippen LogP contribution is 2.20. The number of aromatic amines is 1. The Balaban J connectivity index is 1.24. The molecular weight excluding hydrogens is 478 g/mol. The molecule has 0 saturated carbocycles. The minimum atomic E-state index is -0.523. The highest BCUT2D eigenvalue weighted by Gasteiger charge is 2.23. The summed E-state index contributed by atoms with van der Waals surface area (Å²) in [6, 6.07) is 2.98. The molecule has 2 aliphatic heterocycles. The molecule has 1 saturated heterocycles. The third-order valence-electron chi connectivity index (χ3n) is 6.04. The van der Waals surface area contributed by atoms with Crippen molar-refractivity contribution in [3.8, 4) is 0 Å². The second kappa shape index (κ2) is 10.7. The minimum absolute atomic E-state index is 0.0123. The molecule has 0 radical (unpaired) electrons. The fourth-order valence-corrected chi connectivity index (χ4v) is 5.10. The summed E-state index contributed by atoms with van der Waals surface area (Å²) in [7, 11) is 0. The number of H-pyrrole nitrogens is 1.